The molecule has 0 aliphatic carbocycles. The molecule has 0 fully saturated rings. The zero-order chi connectivity index (χ0) is 14.5. The number of alkyl halides is 3. The van der Waals surface area contributed by atoms with E-state index in [0.717, 1.165) is 12.1 Å². The van der Waals surface area contributed by atoms with Gasteiger partial charge in [0, 0.05) is 6.07 Å². The van der Waals surface area contributed by atoms with E-state index in [9.17, 15) is 26.7 Å². The van der Waals surface area contributed by atoms with Crippen molar-refractivity contribution in [3.05, 3.63) is 29.8 Å². The maximum atomic E-state index is 13.1. The Morgan fingerprint density at radius 2 is 1.95 bits per heavy atom. The predicted octanol–water partition coefficient (Wildman–Crippen LogP) is 2.87. The number of hydrogen-bond acceptors (Lipinski definition) is 2. The Hall–Kier alpha value is -1.70. The highest BCUT2D eigenvalue weighted by atomic mass is 19.4. The van der Waals surface area contributed by atoms with Gasteiger partial charge in [-0.1, -0.05) is 0 Å². The SMILES string of the molecule is O=C(CCOCC(F)(F)F)Nc1ccc(F)cc1F. The Morgan fingerprint density at radius 3 is 2.53 bits per heavy atom. The summed E-state index contributed by atoms with van der Waals surface area (Å²) in [6, 6.07) is 2.54. The summed E-state index contributed by atoms with van der Waals surface area (Å²) in [6.45, 7) is -1.90. The molecule has 0 aliphatic rings. The van der Waals surface area contributed by atoms with E-state index in [4.69, 9.17) is 0 Å². The Kier molecular flexibility index (Phi) is 5.22. The molecule has 0 heterocycles. The lowest BCUT2D eigenvalue weighted by Crippen LogP contribution is -2.20. The largest absolute Gasteiger partial charge is 0.411 e. The van der Waals surface area contributed by atoms with E-state index < -0.39 is 36.9 Å². The van der Waals surface area contributed by atoms with Gasteiger partial charge in [-0.05, 0) is 12.1 Å². The Morgan fingerprint density at radius 1 is 1.26 bits per heavy atom. The summed E-state index contributed by atoms with van der Waals surface area (Å²) in [6.07, 6.45) is -4.83. The van der Waals surface area contributed by atoms with Crippen molar-refractivity contribution in [3.63, 3.8) is 0 Å². The van der Waals surface area contributed by atoms with Crippen molar-refractivity contribution >= 4 is 11.6 Å². The van der Waals surface area contributed by atoms with Crippen molar-refractivity contribution < 1.29 is 31.5 Å². The minimum Gasteiger partial charge on any atom is -0.372 e. The van der Waals surface area contributed by atoms with E-state index in [1.807, 2.05) is 0 Å². The number of ether oxygens (including phenoxy) is 1. The van der Waals surface area contributed by atoms with Crippen LogP contribution in [0.15, 0.2) is 18.2 Å². The van der Waals surface area contributed by atoms with E-state index >= 15 is 0 Å². The Balaban J connectivity index is 2.35. The molecule has 1 rings (SSSR count). The van der Waals surface area contributed by atoms with Gasteiger partial charge in [-0.2, -0.15) is 13.2 Å². The van der Waals surface area contributed by atoms with E-state index in [-0.39, 0.29) is 12.1 Å². The van der Waals surface area contributed by atoms with Gasteiger partial charge >= 0.3 is 6.18 Å². The third-order valence-corrected chi connectivity index (χ3v) is 1.94. The van der Waals surface area contributed by atoms with Crippen molar-refractivity contribution in [1.29, 1.82) is 0 Å². The van der Waals surface area contributed by atoms with Crippen LogP contribution in [0.5, 0.6) is 0 Å². The van der Waals surface area contributed by atoms with Gasteiger partial charge in [-0.3, -0.25) is 4.79 Å². The van der Waals surface area contributed by atoms with E-state index in [0.29, 0.717) is 6.07 Å². The zero-order valence-corrected chi connectivity index (χ0v) is 9.56. The fourth-order valence-corrected chi connectivity index (χ4v) is 1.16. The second-order valence-corrected chi connectivity index (χ2v) is 3.59. The quantitative estimate of drug-likeness (QED) is 0.666. The summed E-state index contributed by atoms with van der Waals surface area (Å²) in [5.41, 5.74) is -0.248. The number of anilines is 1. The summed E-state index contributed by atoms with van der Waals surface area (Å²) < 4.78 is 65.0. The van der Waals surface area contributed by atoms with Gasteiger partial charge in [0.05, 0.1) is 18.7 Å². The first-order valence-corrected chi connectivity index (χ1v) is 5.17. The van der Waals surface area contributed by atoms with Crippen molar-refractivity contribution in [2.45, 2.75) is 12.6 Å². The minimum absolute atomic E-state index is 0.248. The van der Waals surface area contributed by atoms with E-state index in [1.165, 1.54) is 0 Å². The Labute approximate surface area is 105 Å². The number of nitrogens with one attached hydrogen (secondary N) is 1. The second-order valence-electron chi connectivity index (χ2n) is 3.59. The summed E-state index contributed by atoms with van der Waals surface area (Å²) in [4.78, 5) is 11.2. The molecule has 0 saturated carbocycles. The summed E-state index contributed by atoms with van der Waals surface area (Å²) in [7, 11) is 0. The molecule has 1 N–H and O–H groups in total. The van der Waals surface area contributed by atoms with Crippen molar-refractivity contribution in [2.75, 3.05) is 18.5 Å². The number of rotatable bonds is 5. The number of hydrogen-bond donors (Lipinski definition) is 1. The van der Waals surface area contributed by atoms with Gasteiger partial charge in [-0.15, -0.1) is 0 Å². The molecule has 8 heteroatoms. The molecule has 0 aromatic heterocycles. The zero-order valence-electron chi connectivity index (χ0n) is 9.56. The lowest BCUT2D eigenvalue weighted by atomic mass is 10.3. The number of benzene rings is 1. The molecule has 106 valence electrons. The molecule has 1 aromatic carbocycles. The van der Waals surface area contributed by atoms with Crippen LogP contribution < -0.4 is 5.32 Å². The fraction of sp³-hybridized carbons (Fsp3) is 0.364. The molecular formula is C11H10F5NO2. The molecule has 0 spiro atoms. The van der Waals surface area contributed by atoms with Crippen molar-refractivity contribution in [2.24, 2.45) is 0 Å². The highest BCUT2D eigenvalue weighted by Gasteiger charge is 2.27. The van der Waals surface area contributed by atoms with Crippen LogP contribution in [0.25, 0.3) is 0 Å². The van der Waals surface area contributed by atoms with Gasteiger partial charge in [0.2, 0.25) is 5.91 Å². The van der Waals surface area contributed by atoms with Gasteiger partial charge in [-0.25, -0.2) is 8.78 Å². The molecule has 1 amide bonds. The van der Waals surface area contributed by atoms with Crippen LogP contribution in [0.1, 0.15) is 6.42 Å². The number of halogens is 5. The molecule has 0 saturated heterocycles. The van der Waals surface area contributed by atoms with Crippen molar-refractivity contribution in [3.8, 4) is 0 Å². The smallest absolute Gasteiger partial charge is 0.372 e. The van der Waals surface area contributed by atoms with Crippen LogP contribution in [-0.2, 0) is 9.53 Å². The summed E-state index contributed by atoms with van der Waals surface area (Å²) in [5.74, 6) is -2.50. The van der Waals surface area contributed by atoms with Crippen LogP contribution >= 0.6 is 0 Å². The lowest BCUT2D eigenvalue weighted by Gasteiger charge is -2.08. The first-order chi connectivity index (χ1) is 8.78. The van der Waals surface area contributed by atoms with Crippen molar-refractivity contribution in [1.82, 2.24) is 0 Å². The first-order valence-electron chi connectivity index (χ1n) is 5.17. The molecule has 0 atom stereocenters. The lowest BCUT2D eigenvalue weighted by molar-refractivity contribution is -0.174. The molecule has 0 aliphatic heterocycles. The normalized spacial score (nSPS) is 11.4. The van der Waals surface area contributed by atoms with Gasteiger partial charge < -0.3 is 10.1 Å². The third-order valence-electron chi connectivity index (χ3n) is 1.94. The minimum atomic E-state index is -4.46. The van der Waals surface area contributed by atoms with E-state index in [1.54, 1.807) is 0 Å². The maximum Gasteiger partial charge on any atom is 0.411 e. The molecule has 1 aromatic rings. The first kappa shape index (κ1) is 15.4. The number of carbonyl (C=O) groups is 1. The van der Waals surface area contributed by atoms with Gasteiger partial charge in [0.1, 0.15) is 18.2 Å². The van der Waals surface area contributed by atoms with E-state index in [2.05, 4.69) is 10.1 Å². The Bertz CT molecular complexity index is 447. The predicted molar refractivity (Wildman–Crippen MR) is 56.5 cm³/mol. The topological polar surface area (TPSA) is 38.3 Å². The monoisotopic (exact) mass is 283 g/mol. The average molecular weight is 283 g/mol. The number of amides is 1. The van der Waals surface area contributed by atoms with Crippen LogP contribution in [0.2, 0.25) is 0 Å². The molecule has 19 heavy (non-hydrogen) atoms. The highest BCUT2D eigenvalue weighted by molar-refractivity contribution is 5.90. The highest BCUT2D eigenvalue weighted by Crippen LogP contribution is 2.16. The fourth-order valence-electron chi connectivity index (χ4n) is 1.16. The average Bonchev–Trinajstić information content (AvgIpc) is 2.27. The molecule has 3 nitrogen and oxygen atoms in total. The van der Waals surface area contributed by atoms with Crippen LogP contribution in [0.4, 0.5) is 27.6 Å². The standard InChI is InChI=1S/C11H10F5NO2/c12-7-1-2-9(8(13)5-7)17-10(18)3-4-19-6-11(14,15)16/h1-2,5H,3-4,6H2,(H,17,18). The van der Waals surface area contributed by atoms with Crippen LogP contribution in [0, 0.1) is 11.6 Å². The molecular weight excluding hydrogens is 273 g/mol. The van der Waals surface area contributed by atoms with Crippen LogP contribution in [0.3, 0.4) is 0 Å². The third kappa shape index (κ3) is 6.14. The van der Waals surface area contributed by atoms with Crippen LogP contribution in [-0.4, -0.2) is 25.3 Å². The number of carbonyl (C=O) groups excluding carboxylic acids is 1. The molecule has 0 unspecified atom stereocenters. The maximum absolute atomic E-state index is 13.1. The molecule has 0 bridgehead atoms. The summed E-state index contributed by atoms with van der Waals surface area (Å²) >= 11 is 0. The van der Waals surface area contributed by atoms with Gasteiger partial charge in [0.15, 0.2) is 0 Å². The molecule has 0 radical (unpaired) electrons. The second kappa shape index (κ2) is 6.46. The summed E-state index contributed by atoms with van der Waals surface area (Å²) in [5, 5.41) is 2.09. The van der Waals surface area contributed by atoms with Gasteiger partial charge in [0.25, 0.3) is 0 Å².